The molecule has 1 fully saturated rings. The smallest absolute Gasteiger partial charge is 0.0688 e. The summed E-state index contributed by atoms with van der Waals surface area (Å²) in [6, 6.07) is 6.59. The molecule has 20 heavy (non-hydrogen) atoms. The van der Waals surface area contributed by atoms with E-state index in [2.05, 4.69) is 52.8 Å². The van der Waals surface area contributed by atoms with Gasteiger partial charge in [-0.25, -0.2) is 0 Å². The first-order valence-corrected chi connectivity index (χ1v) is 7.98. The topological polar surface area (TPSA) is 20.2 Å². The van der Waals surface area contributed by atoms with Crippen LogP contribution in [0.25, 0.3) is 0 Å². The lowest BCUT2D eigenvalue weighted by atomic mass is 9.67. The van der Waals surface area contributed by atoms with E-state index in [-0.39, 0.29) is 0 Å². The molecule has 0 spiro atoms. The quantitative estimate of drug-likeness (QED) is 0.820. The average Bonchev–Trinajstić information content (AvgIpc) is 2.33. The molecule has 0 saturated heterocycles. The number of benzene rings is 1. The molecule has 1 nitrogen and oxygen atoms in total. The maximum absolute atomic E-state index is 10.9. The molecule has 1 heteroatoms. The minimum Gasteiger partial charge on any atom is -0.390 e. The van der Waals surface area contributed by atoms with Crippen LogP contribution in [0.5, 0.6) is 0 Å². The summed E-state index contributed by atoms with van der Waals surface area (Å²) in [5.41, 5.74) is 3.84. The predicted molar refractivity (Wildman–Crippen MR) is 86.0 cm³/mol. The second-order valence-electron chi connectivity index (χ2n) is 7.96. The van der Waals surface area contributed by atoms with E-state index in [0.717, 1.165) is 38.0 Å². The van der Waals surface area contributed by atoms with E-state index in [1.54, 1.807) is 0 Å². The number of aliphatic hydroxyl groups is 1. The summed E-state index contributed by atoms with van der Waals surface area (Å²) >= 11 is 0. The Morgan fingerprint density at radius 1 is 1.10 bits per heavy atom. The van der Waals surface area contributed by atoms with Gasteiger partial charge in [0, 0.05) is 6.42 Å². The van der Waals surface area contributed by atoms with Gasteiger partial charge in [0.05, 0.1) is 5.60 Å². The Morgan fingerprint density at radius 3 is 2.20 bits per heavy atom. The van der Waals surface area contributed by atoms with Crippen molar-refractivity contribution in [1.29, 1.82) is 0 Å². The van der Waals surface area contributed by atoms with Crippen LogP contribution < -0.4 is 0 Å². The highest BCUT2D eigenvalue weighted by atomic mass is 16.3. The van der Waals surface area contributed by atoms with Gasteiger partial charge in [-0.3, -0.25) is 0 Å². The van der Waals surface area contributed by atoms with Gasteiger partial charge >= 0.3 is 0 Å². The summed E-state index contributed by atoms with van der Waals surface area (Å²) in [5.74, 6) is 0.752. The van der Waals surface area contributed by atoms with Crippen LogP contribution in [0.15, 0.2) is 18.2 Å². The Morgan fingerprint density at radius 2 is 1.70 bits per heavy atom. The van der Waals surface area contributed by atoms with Crippen molar-refractivity contribution in [2.45, 2.75) is 72.3 Å². The van der Waals surface area contributed by atoms with Gasteiger partial charge in [0.2, 0.25) is 0 Å². The molecule has 0 aromatic heterocycles. The molecule has 112 valence electrons. The van der Waals surface area contributed by atoms with Crippen LogP contribution in [0.3, 0.4) is 0 Å². The predicted octanol–water partition coefficient (Wildman–Crippen LogP) is 4.81. The number of rotatable bonds is 2. The van der Waals surface area contributed by atoms with Gasteiger partial charge in [0.1, 0.15) is 0 Å². The van der Waals surface area contributed by atoms with Crippen molar-refractivity contribution in [2.75, 3.05) is 0 Å². The lowest BCUT2D eigenvalue weighted by Gasteiger charge is -2.41. The number of hydrogen-bond donors (Lipinski definition) is 1. The van der Waals surface area contributed by atoms with Crippen LogP contribution in [0.2, 0.25) is 0 Å². The second-order valence-corrected chi connectivity index (χ2v) is 7.96. The second kappa shape index (κ2) is 5.52. The molecule has 0 heterocycles. The summed E-state index contributed by atoms with van der Waals surface area (Å²) in [7, 11) is 0. The van der Waals surface area contributed by atoms with Gasteiger partial charge in [0.15, 0.2) is 0 Å². The molecule has 1 saturated carbocycles. The lowest BCUT2D eigenvalue weighted by molar-refractivity contribution is -0.0245. The number of aryl methyl sites for hydroxylation is 2. The molecule has 0 amide bonds. The first kappa shape index (κ1) is 15.6. The van der Waals surface area contributed by atoms with E-state index in [1.165, 1.54) is 16.7 Å². The van der Waals surface area contributed by atoms with Gasteiger partial charge in [-0.2, -0.15) is 0 Å². The zero-order valence-corrected chi connectivity index (χ0v) is 13.8. The van der Waals surface area contributed by atoms with Crippen molar-refractivity contribution >= 4 is 0 Å². The molecule has 1 aliphatic rings. The molecule has 0 bridgehead atoms. The minimum atomic E-state index is -0.483. The third-order valence-electron chi connectivity index (χ3n) is 5.25. The standard InChI is InChI=1S/C19H30O/c1-14-6-7-16(12-15(14)2)13-19(20)10-8-17(9-11-19)18(3,4)5/h6-7,12,17,20H,8-11,13H2,1-5H3. The van der Waals surface area contributed by atoms with Crippen LogP contribution in [0, 0.1) is 25.2 Å². The molecule has 1 aliphatic carbocycles. The molecular formula is C19H30O. The summed E-state index contributed by atoms with van der Waals surface area (Å²) in [4.78, 5) is 0. The summed E-state index contributed by atoms with van der Waals surface area (Å²) in [6.07, 6.45) is 5.02. The maximum atomic E-state index is 10.9. The van der Waals surface area contributed by atoms with E-state index >= 15 is 0 Å². The first-order valence-electron chi connectivity index (χ1n) is 7.98. The lowest BCUT2D eigenvalue weighted by Crippen LogP contribution is -2.39. The summed E-state index contributed by atoms with van der Waals surface area (Å²) < 4.78 is 0. The Labute approximate surface area is 124 Å². The highest BCUT2D eigenvalue weighted by Crippen LogP contribution is 2.42. The maximum Gasteiger partial charge on any atom is 0.0688 e. The largest absolute Gasteiger partial charge is 0.390 e. The molecule has 2 rings (SSSR count). The Hall–Kier alpha value is -0.820. The molecule has 0 unspecified atom stereocenters. The molecular weight excluding hydrogens is 244 g/mol. The molecule has 0 aliphatic heterocycles. The summed E-state index contributed by atoms with van der Waals surface area (Å²) in [5, 5.41) is 10.9. The Kier molecular flexibility index (Phi) is 4.30. The molecule has 1 aromatic carbocycles. The van der Waals surface area contributed by atoms with Gasteiger partial charge in [0.25, 0.3) is 0 Å². The Bertz CT molecular complexity index is 459. The highest BCUT2D eigenvalue weighted by molar-refractivity contribution is 5.30. The highest BCUT2D eigenvalue weighted by Gasteiger charge is 2.37. The fourth-order valence-corrected chi connectivity index (χ4v) is 3.49. The number of hydrogen-bond acceptors (Lipinski definition) is 1. The van der Waals surface area contributed by atoms with Crippen LogP contribution >= 0.6 is 0 Å². The molecule has 0 atom stereocenters. The first-order chi connectivity index (χ1) is 9.20. The van der Waals surface area contributed by atoms with Crippen molar-refractivity contribution in [3.8, 4) is 0 Å². The van der Waals surface area contributed by atoms with E-state index < -0.39 is 5.60 Å². The SMILES string of the molecule is Cc1ccc(CC2(O)CCC(C(C)(C)C)CC2)cc1C. The summed E-state index contributed by atoms with van der Waals surface area (Å²) in [6.45, 7) is 11.3. The van der Waals surface area contributed by atoms with Gasteiger partial charge in [-0.1, -0.05) is 39.0 Å². The van der Waals surface area contributed by atoms with Crippen LogP contribution in [0.4, 0.5) is 0 Å². The minimum absolute atomic E-state index is 0.377. The van der Waals surface area contributed by atoms with Crippen molar-refractivity contribution in [3.63, 3.8) is 0 Å². The average molecular weight is 274 g/mol. The fourth-order valence-electron chi connectivity index (χ4n) is 3.49. The van der Waals surface area contributed by atoms with Crippen molar-refractivity contribution in [1.82, 2.24) is 0 Å². The van der Waals surface area contributed by atoms with Crippen LogP contribution in [-0.4, -0.2) is 10.7 Å². The third kappa shape index (κ3) is 3.63. The third-order valence-corrected chi connectivity index (χ3v) is 5.25. The van der Waals surface area contributed by atoms with E-state index in [4.69, 9.17) is 0 Å². The monoisotopic (exact) mass is 274 g/mol. The molecule has 1 aromatic rings. The normalized spacial score (nSPS) is 27.6. The zero-order chi connectivity index (χ0) is 15.0. The van der Waals surface area contributed by atoms with Crippen molar-refractivity contribution in [3.05, 3.63) is 34.9 Å². The van der Waals surface area contributed by atoms with Gasteiger partial charge < -0.3 is 5.11 Å². The Balaban J connectivity index is 2.01. The van der Waals surface area contributed by atoms with E-state index in [9.17, 15) is 5.11 Å². The van der Waals surface area contributed by atoms with Crippen molar-refractivity contribution < 1.29 is 5.11 Å². The fraction of sp³-hybridized carbons (Fsp3) is 0.684. The van der Waals surface area contributed by atoms with Crippen LogP contribution in [-0.2, 0) is 6.42 Å². The van der Waals surface area contributed by atoms with Crippen molar-refractivity contribution in [2.24, 2.45) is 11.3 Å². The molecule has 0 radical (unpaired) electrons. The van der Waals surface area contributed by atoms with Gasteiger partial charge in [-0.15, -0.1) is 0 Å². The van der Waals surface area contributed by atoms with Gasteiger partial charge in [-0.05, 0) is 67.6 Å². The van der Waals surface area contributed by atoms with E-state index in [0.29, 0.717) is 5.41 Å². The van der Waals surface area contributed by atoms with Crippen LogP contribution in [0.1, 0.15) is 63.1 Å². The zero-order valence-electron chi connectivity index (χ0n) is 13.8. The molecule has 1 N–H and O–H groups in total. The van der Waals surface area contributed by atoms with E-state index in [1.807, 2.05) is 0 Å².